The fourth-order valence-corrected chi connectivity index (χ4v) is 4.93. The maximum atomic E-state index is 13.8. The summed E-state index contributed by atoms with van der Waals surface area (Å²) in [6.45, 7) is 3.93. The fourth-order valence-electron chi connectivity index (χ4n) is 4.93. The molecule has 7 heteroatoms. The summed E-state index contributed by atoms with van der Waals surface area (Å²) in [5.74, 6) is -0.658. The molecule has 4 aromatic rings. The quantitative estimate of drug-likeness (QED) is 0.151. The van der Waals surface area contributed by atoms with Gasteiger partial charge in [0.1, 0.15) is 5.82 Å². The standard InChI is InChI=1S/C34H33FN4O2/c1-2-31(40)39(22-21-36-20-19-24-9-5-3-6-10-24)28-16-14-27(15-17-28)37-33(25-11-7-4-8-12-25)32-29-18-13-26(35)23-30(29)38-34(32)41/h3-18,23,36-37H,2,19-22H2,1H3,(H,38,41). The van der Waals surface area contributed by atoms with E-state index in [1.165, 1.54) is 17.7 Å². The highest BCUT2D eigenvalue weighted by Crippen LogP contribution is 2.38. The summed E-state index contributed by atoms with van der Waals surface area (Å²) in [7, 11) is 0. The lowest BCUT2D eigenvalue weighted by Gasteiger charge is -2.23. The molecule has 0 saturated carbocycles. The van der Waals surface area contributed by atoms with E-state index in [1.54, 1.807) is 11.0 Å². The number of amides is 2. The monoisotopic (exact) mass is 548 g/mol. The Balaban J connectivity index is 1.33. The summed E-state index contributed by atoms with van der Waals surface area (Å²) in [5, 5.41) is 9.64. The lowest BCUT2D eigenvalue weighted by molar-refractivity contribution is -0.118. The number of halogens is 1. The third-order valence-corrected chi connectivity index (χ3v) is 7.04. The average molecular weight is 549 g/mol. The number of rotatable bonds is 11. The Morgan fingerprint density at radius 1 is 0.878 bits per heavy atom. The van der Waals surface area contributed by atoms with Gasteiger partial charge in [0.05, 0.1) is 17.0 Å². The van der Waals surface area contributed by atoms with E-state index >= 15 is 0 Å². The van der Waals surface area contributed by atoms with E-state index in [1.807, 2.05) is 79.7 Å². The first-order valence-corrected chi connectivity index (χ1v) is 13.9. The van der Waals surface area contributed by atoms with E-state index in [-0.39, 0.29) is 11.8 Å². The predicted octanol–water partition coefficient (Wildman–Crippen LogP) is 6.33. The van der Waals surface area contributed by atoms with Crippen molar-refractivity contribution in [2.75, 3.05) is 35.2 Å². The first-order chi connectivity index (χ1) is 20.0. The van der Waals surface area contributed by atoms with Gasteiger partial charge in [0, 0.05) is 36.4 Å². The van der Waals surface area contributed by atoms with Crippen molar-refractivity contribution in [3.8, 4) is 0 Å². The lowest BCUT2D eigenvalue weighted by Crippen LogP contribution is -2.37. The van der Waals surface area contributed by atoms with Crippen LogP contribution in [0.25, 0.3) is 11.3 Å². The molecule has 1 aliphatic rings. The van der Waals surface area contributed by atoms with Crippen molar-refractivity contribution < 1.29 is 14.0 Å². The fraction of sp³-hybridized carbons (Fsp3) is 0.176. The van der Waals surface area contributed by atoms with Crippen molar-refractivity contribution in [1.29, 1.82) is 0 Å². The number of hydrogen-bond donors (Lipinski definition) is 3. The summed E-state index contributed by atoms with van der Waals surface area (Å²) in [5.41, 5.74) is 5.81. The Bertz CT molecular complexity index is 1540. The summed E-state index contributed by atoms with van der Waals surface area (Å²) >= 11 is 0. The number of carbonyl (C=O) groups is 2. The predicted molar refractivity (Wildman–Crippen MR) is 164 cm³/mol. The summed E-state index contributed by atoms with van der Waals surface area (Å²) < 4.78 is 13.8. The van der Waals surface area contributed by atoms with E-state index in [0.29, 0.717) is 42.0 Å². The third kappa shape index (κ3) is 6.70. The normalized spacial score (nSPS) is 13.4. The Morgan fingerprint density at radius 2 is 1.59 bits per heavy atom. The highest BCUT2D eigenvalue weighted by atomic mass is 19.1. The summed E-state index contributed by atoms with van der Waals surface area (Å²) in [6.07, 6.45) is 1.34. The zero-order chi connectivity index (χ0) is 28.6. The summed E-state index contributed by atoms with van der Waals surface area (Å²) in [4.78, 5) is 27.6. The van der Waals surface area contributed by atoms with Crippen LogP contribution in [0.1, 0.15) is 30.0 Å². The number of anilines is 3. The molecule has 0 aliphatic carbocycles. The first kappa shape index (κ1) is 27.8. The molecular formula is C34H33FN4O2. The van der Waals surface area contributed by atoms with Gasteiger partial charge in [0.2, 0.25) is 5.91 Å². The largest absolute Gasteiger partial charge is 0.354 e. The molecule has 5 rings (SSSR count). The van der Waals surface area contributed by atoms with Gasteiger partial charge in [-0.25, -0.2) is 4.39 Å². The van der Waals surface area contributed by atoms with Crippen molar-refractivity contribution in [3.05, 3.63) is 126 Å². The Morgan fingerprint density at radius 3 is 2.29 bits per heavy atom. The van der Waals surface area contributed by atoms with Crippen LogP contribution in [0.2, 0.25) is 0 Å². The SMILES string of the molecule is CCC(=O)N(CCNCCc1ccccc1)c1ccc(NC(=C2C(=O)Nc3cc(F)ccc32)c2ccccc2)cc1. The number of nitrogens with one attached hydrogen (secondary N) is 3. The van der Waals surface area contributed by atoms with Gasteiger partial charge >= 0.3 is 0 Å². The zero-order valence-corrected chi connectivity index (χ0v) is 23.0. The number of benzene rings is 4. The second-order valence-corrected chi connectivity index (χ2v) is 9.82. The molecule has 3 N–H and O–H groups in total. The molecule has 0 radical (unpaired) electrons. The van der Waals surface area contributed by atoms with Gasteiger partial charge in [0.15, 0.2) is 0 Å². The molecular weight excluding hydrogens is 515 g/mol. The molecule has 41 heavy (non-hydrogen) atoms. The van der Waals surface area contributed by atoms with Gasteiger partial charge in [-0.1, -0.05) is 67.6 Å². The van der Waals surface area contributed by atoms with Gasteiger partial charge in [-0.05, 0) is 66.6 Å². The maximum Gasteiger partial charge on any atom is 0.258 e. The topological polar surface area (TPSA) is 73.5 Å². The molecule has 0 aromatic heterocycles. The van der Waals surface area contributed by atoms with E-state index in [2.05, 4.69) is 28.1 Å². The number of carbonyl (C=O) groups excluding carboxylic acids is 2. The highest BCUT2D eigenvalue weighted by Gasteiger charge is 2.28. The van der Waals surface area contributed by atoms with Crippen molar-refractivity contribution in [2.24, 2.45) is 0 Å². The second kappa shape index (κ2) is 13.1. The molecule has 0 unspecified atom stereocenters. The van der Waals surface area contributed by atoms with Crippen LogP contribution in [0.15, 0.2) is 103 Å². The second-order valence-electron chi connectivity index (χ2n) is 9.82. The number of nitrogens with zero attached hydrogens (tertiary/aromatic N) is 1. The van der Waals surface area contributed by atoms with Crippen molar-refractivity contribution in [2.45, 2.75) is 19.8 Å². The van der Waals surface area contributed by atoms with Gasteiger partial charge in [-0.15, -0.1) is 0 Å². The molecule has 0 fully saturated rings. The Labute approximate surface area is 239 Å². The Kier molecular flexibility index (Phi) is 8.86. The number of fused-ring (bicyclic) bond motifs is 1. The van der Waals surface area contributed by atoms with Crippen molar-refractivity contribution >= 4 is 40.1 Å². The molecule has 208 valence electrons. The molecule has 2 amide bonds. The minimum atomic E-state index is -0.410. The van der Waals surface area contributed by atoms with Gasteiger partial charge in [0.25, 0.3) is 5.91 Å². The van der Waals surface area contributed by atoms with Crippen LogP contribution in [-0.2, 0) is 16.0 Å². The minimum Gasteiger partial charge on any atom is -0.354 e. The smallest absolute Gasteiger partial charge is 0.258 e. The van der Waals surface area contributed by atoms with E-state index < -0.39 is 5.82 Å². The van der Waals surface area contributed by atoms with E-state index in [0.717, 1.165) is 29.9 Å². The molecule has 1 heterocycles. The van der Waals surface area contributed by atoms with Gasteiger partial charge in [-0.3, -0.25) is 9.59 Å². The maximum absolute atomic E-state index is 13.8. The minimum absolute atomic E-state index is 0.0501. The van der Waals surface area contributed by atoms with Crippen molar-refractivity contribution in [1.82, 2.24) is 5.32 Å². The van der Waals surface area contributed by atoms with Crippen LogP contribution in [0, 0.1) is 5.82 Å². The van der Waals surface area contributed by atoms with E-state index in [4.69, 9.17) is 0 Å². The summed E-state index contributed by atoms with van der Waals surface area (Å²) in [6, 6.07) is 31.8. The van der Waals surface area contributed by atoms with Crippen LogP contribution in [0.5, 0.6) is 0 Å². The molecule has 0 atom stereocenters. The van der Waals surface area contributed by atoms with Gasteiger partial charge < -0.3 is 20.9 Å². The lowest BCUT2D eigenvalue weighted by atomic mass is 10.00. The van der Waals surface area contributed by atoms with Gasteiger partial charge in [-0.2, -0.15) is 0 Å². The molecule has 0 bridgehead atoms. The average Bonchev–Trinajstić information content (AvgIpc) is 3.33. The van der Waals surface area contributed by atoms with Crippen LogP contribution < -0.4 is 20.9 Å². The molecule has 1 aliphatic heterocycles. The third-order valence-electron chi connectivity index (χ3n) is 7.04. The Hall–Kier alpha value is -4.75. The van der Waals surface area contributed by atoms with Crippen LogP contribution >= 0.6 is 0 Å². The molecule has 0 saturated heterocycles. The molecule has 4 aromatic carbocycles. The van der Waals surface area contributed by atoms with Crippen LogP contribution in [-0.4, -0.2) is 31.4 Å². The van der Waals surface area contributed by atoms with Crippen molar-refractivity contribution in [3.63, 3.8) is 0 Å². The van der Waals surface area contributed by atoms with Crippen LogP contribution in [0.4, 0.5) is 21.5 Å². The zero-order valence-electron chi connectivity index (χ0n) is 23.0. The highest BCUT2D eigenvalue weighted by molar-refractivity contribution is 6.37. The molecule has 0 spiro atoms. The first-order valence-electron chi connectivity index (χ1n) is 13.9. The number of hydrogen-bond acceptors (Lipinski definition) is 4. The van der Waals surface area contributed by atoms with Crippen LogP contribution in [0.3, 0.4) is 0 Å². The van der Waals surface area contributed by atoms with E-state index in [9.17, 15) is 14.0 Å². The molecule has 6 nitrogen and oxygen atoms in total.